The lowest BCUT2D eigenvalue weighted by Crippen LogP contribution is -2.33. The molecule has 1 rings (SSSR count). The zero-order valence-electron chi connectivity index (χ0n) is 13.9. The maximum Gasteiger partial charge on any atom is 0.422 e. The first-order valence-corrected chi connectivity index (χ1v) is 7.60. The maximum absolute atomic E-state index is 12.2. The largest absolute Gasteiger partial charge is 0.484 e. The van der Waals surface area contributed by atoms with Crippen LogP contribution in [0.15, 0.2) is 18.2 Å². The number of aliphatic hydroxyl groups excluding tert-OH is 1. The average molecular weight is 348 g/mol. The number of hydrogen-bond acceptors (Lipinski definition) is 3. The van der Waals surface area contributed by atoms with Gasteiger partial charge in [-0.1, -0.05) is 13.0 Å². The molecule has 0 aliphatic carbocycles. The number of hydrogen-bond donors (Lipinski definition) is 3. The molecule has 0 unspecified atom stereocenters. The third-order valence-corrected chi connectivity index (χ3v) is 3.28. The van der Waals surface area contributed by atoms with E-state index in [1.807, 2.05) is 6.92 Å². The van der Waals surface area contributed by atoms with Gasteiger partial charge in [-0.3, -0.25) is 0 Å². The predicted octanol–water partition coefficient (Wildman–Crippen LogP) is 3.46. The van der Waals surface area contributed by atoms with Crippen molar-refractivity contribution in [2.45, 2.75) is 39.5 Å². The Bertz CT molecular complexity index is 548. The van der Waals surface area contributed by atoms with Gasteiger partial charge in [0, 0.05) is 17.8 Å². The monoisotopic (exact) mass is 348 g/mol. The second-order valence-corrected chi connectivity index (χ2v) is 5.86. The van der Waals surface area contributed by atoms with Gasteiger partial charge >= 0.3 is 12.2 Å². The zero-order valence-corrected chi connectivity index (χ0v) is 13.9. The van der Waals surface area contributed by atoms with E-state index >= 15 is 0 Å². The van der Waals surface area contributed by atoms with Crippen molar-refractivity contribution in [3.05, 3.63) is 23.8 Å². The molecule has 136 valence electrons. The van der Waals surface area contributed by atoms with Crippen LogP contribution in [0.5, 0.6) is 5.75 Å². The summed E-state index contributed by atoms with van der Waals surface area (Å²) in [5.41, 5.74) is 0.782. The lowest BCUT2D eigenvalue weighted by molar-refractivity contribution is -0.153. The van der Waals surface area contributed by atoms with Crippen LogP contribution in [0.2, 0.25) is 0 Å². The number of rotatable bonds is 7. The van der Waals surface area contributed by atoms with Crippen molar-refractivity contribution in [3.63, 3.8) is 0 Å². The van der Waals surface area contributed by atoms with Crippen LogP contribution >= 0.6 is 0 Å². The van der Waals surface area contributed by atoms with E-state index in [1.54, 1.807) is 19.9 Å². The summed E-state index contributed by atoms with van der Waals surface area (Å²) in [5.74, 6) is 0.158. The van der Waals surface area contributed by atoms with E-state index in [-0.39, 0.29) is 11.7 Å². The molecule has 0 saturated carbocycles. The molecular weight excluding hydrogens is 325 g/mol. The highest BCUT2D eigenvalue weighted by atomic mass is 19.4. The molecule has 0 aromatic heterocycles. The molecule has 3 N–H and O–H groups in total. The Morgan fingerprint density at radius 3 is 2.58 bits per heavy atom. The van der Waals surface area contributed by atoms with Crippen molar-refractivity contribution in [3.8, 4) is 5.75 Å². The van der Waals surface area contributed by atoms with Crippen LogP contribution in [0.1, 0.15) is 25.8 Å². The summed E-state index contributed by atoms with van der Waals surface area (Å²) < 4.78 is 41.4. The predicted molar refractivity (Wildman–Crippen MR) is 85.2 cm³/mol. The molecule has 0 heterocycles. The normalized spacial score (nSPS) is 14.0. The second kappa shape index (κ2) is 8.77. The molecule has 0 fully saturated rings. The van der Waals surface area contributed by atoms with E-state index in [9.17, 15) is 23.1 Å². The minimum absolute atomic E-state index is 0.0626. The summed E-state index contributed by atoms with van der Waals surface area (Å²) in [7, 11) is 0. The number of halogens is 3. The minimum Gasteiger partial charge on any atom is -0.484 e. The van der Waals surface area contributed by atoms with Gasteiger partial charge in [0.15, 0.2) is 6.61 Å². The Kier molecular flexibility index (Phi) is 7.34. The van der Waals surface area contributed by atoms with Crippen molar-refractivity contribution >= 4 is 11.7 Å². The maximum atomic E-state index is 12.2. The average Bonchev–Trinajstić information content (AvgIpc) is 2.44. The quantitative estimate of drug-likeness (QED) is 0.707. The van der Waals surface area contributed by atoms with Gasteiger partial charge in [-0.15, -0.1) is 0 Å². The number of ether oxygens (including phenoxy) is 1. The van der Waals surface area contributed by atoms with Crippen molar-refractivity contribution < 1.29 is 27.8 Å². The molecule has 0 saturated heterocycles. The molecule has 8 heteroatoms. The molecule has 2 atom stereocenters. The van der Waals surface area contributed by atoms with Gasteiger partial charge < -0.3 is 20.5 Å². The number of carbonyl (C=O) groups is 1. The Balaban J connectivity index is 2.59. The van der Waals surface area contributed by atoms with Crippen LogP contribution in [-0.4, -0.2) is 36.6 Å². The minimum atomic E-state index is -4.42. The molecule has 0 aliphatic rings. The lowest BCUT2D eigenvalue weighted by Gasteiger charge is -2.17. The molecule has 5 nitrogen and oxygen atoms in total. The van der Waals surface area contributed by atoms with E-state index in [2.05, 4.69) is 10.6 Å². The van der Waals surface area contributed by atoms with Crippen LogP contribution in [0, 0.1) is 12.8 Å². The van der Waals surface area contributed by atoms with Gasteiger partial charge in [0.05, 0.1) is 6.10 Å². The molecule has 24 heavy (non-hydrogen) atoms. The van der Waals surface area contributed by atoms with Crippen LogP contribution < -0.4 is 15.4 Å². The van der Waals surface area contributed by atoms with Gasteiger partial charge in [-0.2, -0.15) is 13.2 Å². The van der Waals surface area contributed by atoms with Crippen molar-refractivity contribution in [2.75, 3.05) is 18.5 Å². The zero-order chi connectivity index (χ0) is 18.3. The summed E-state index contributed by atoms with van der Waals surface area (Å²) >= 11 is 0. The summed E-state index contributed by atoms with van der Waals surface area (Å²) in [6.45, 7) is 4.12. The van der Waals surface area contributed by atoms with E-state index < -0.39 is 24.9 Å². The summed E-state index contributed by atoms with van der Waals surface area (Å²) in [6.07, 6.45) is -4.32. The molecule has 1 aromatic carbocycles. The molecule has 0 spiro atoms. The number of nitrogens with one attached hydrogen (secondary N) is 2. The summed E-state index contributed by atoms with van der Waals surface area (Å²) in [6, 6.07) is 4.02. The summed E-state index contributed by atoms with van der Waals surface area (Å²) in [5, 5.41) is 14.5. The number of benzene rings is 1. The van der Waals surface area contributed by atoms with Gasteiger partial charge in [-0.25, -0.2) is 4.79 Å². The first kappa shape index (κ1) is 20.1. The van der Waals surface area contributed by atoms with Gasteiger partial charge in [0.1, 0.15) is 5.75 Å². The molecule has 0 radical (unpaired) electrons. The van der Waals surface area contributed by atoms with Crippen LogP contribution in [-0.2, 0) is 0 Å². The van der Waals surface area contributed by atoms with E-state index in [4.69, 9.17) is 4.74 Å². The van der Waals surface area contributed by atoms with Gasteiger partial charge in [0.2, 0.25) is 0 Å². The number of aliphatic hydroxyl groups is 1. The van der Waals surface area contributed by atoms with E-state index in [0.717, 1.165) is 0 Å². The fraction of sp³-hybridized carbons (Fsp3) is 0.562. The first-order valence-electron chi connectivity index (χ1n) is 7.60. The molecule has 0 aliphatic heterocycles. The van der Waals surface area contributed by atoms with E-state index in [0.29, 0.717) is 24.2 Å². The summed E-state index contributed by atoms with van der Waals surface area (Å²) in [4.78, 5) is 11.9. The molecule has 0 bridgehead atoms. The fourth-order valence-electron chi connectivity index (χ4n) is 2.16. The third kappa shape index (κ3) is 7.54. The third-order valence-electron chi connectivity index (χ3n) is 3.28. The smallest absolute Gasteiger partial charge is 0.422 e. The fourth-order valence-corrected chi connectivity index (χ4v) is 2.16. The second-order valence-electron chi connectivity index (χ2n) is 5.86. The number of urea groups is 1. The Morgan fingerprint density at radius 2 is 2.00 bits per heavy atom. The lowest BCUT2D eigenvalue weighted by atomic mass is 10.1. The number of carbonyl (C=O) groups excluding carboxylic acids is 1. The number of amides is 2. The molecule has 2 amide bonds. The SMILES string of the molecule is Cc1c(NC(=O)NC[C@H](C)C[C@@H](C)O)cccc1OCC(F)(F)F. The Hall–Kier alpha value is -1.96. The van der Waals surface area contributed by atoms with E-state index in [1.165, 1.54) is 12.1 Å². The van der Waals surface area contributed by atoms with Crippen molar-refractivity contribution in [1.29, 1.82) is 0 Å². The van der Waals surface area contributed by atoms with Gasteiger partial charge in [0.25, 0.3) is 0 Å². The molecular formula is C16H23F3N2O3. The van der Waals surface area contributed by atoms with Crippen molar-refractivity contribution in [2.24, 2.45) is 5.92 Å². The Morgan fingerprint density at radius 1 is 1.33 bits per heavy atom. The van der Waals surface area contributed by atoms with Gasteiger partial charge in [-0.05, 0) is 38.3 Å². The number of alkyl halides is 3. The standard InChI is InChI=1S/C16H23F3N2O3/c1-10(7-11(2)22)8-20-15(23)21-13-5-4-6-14(12(13)3)24-9-16(17,18)19/h4-6,10-11,22H,7-9H2,1-3H3,(H2,20,21,23)/t10-,11-/m1/s1. The van der Waals surface area contributed by atoms with Crippen molar-refractivity contribution in [1.82, 2.24) is 5.32 Å². The van der Waals surface area contributed by atoms with Crippen LogP contribution in [0.25, 0.3) is 0 Å². The first-order chi connectivity index (χ1) is 11.1. The highest BCUT2D eigenvalue weighted by molar-refractivity contribution is 5.90. The van der Waals surface area contributed by atoms with Crippen LogP contribution in [0.3, 0.4) is 0 Å². The number of anilines is 1. The topological polar surface area (TPSA) is 70.6 Å². The highest BCUT2D eigenvalue weighted by Gasteiger charge is 2.28. The van der Waals surface area contributed by atoms with Crippen LogP contribution in [0.4, 0.5) is 23.7 Å². The Labute approximate surface area is 139 Å². The highest BCUT2D eigenvalue weighted by Crippen LogP contribution is 2.27. The molecule has 1 aromatic rings.